The first-order valence-electron chi connectivity index (χ1n) is 8.42. The fraction of sp³-hybridized carbons (Fsp3) is 0.364. The van der Waals surface area contributed by atoms with Gasteiger partial charge in [0.15, 0.2) is 0 Å². The molecule has 3 nitrogen and oxygen atoms in total. The molecule has 0 N–H and O–H groups in total. The van der Waals surface area contributed by atoms with Crippen molar-refractivity contribution in [3.05, 3.63) is 72.9 Å². The van der Waals surface area contributed by atoms with Crippen LogP contribution in [0.4, 0.5) is 0 Å². The third-order valence-electron chi connectivity index (χ3n) is 4.61. The Kier molecular flexibility index (Phi) is 7.86. The highest BCUT2D eigenvalue weighted by molar-refractivity contribution is 5.56. The Hall–Kier alpha value is -2.62. The van der Waals surface area contributed by atoms with Crippen LogP contribution in [0.3, 0.4) is 0 Å². The Balaban J connectivity index is 2.66. The van der Waals surface area contributed by atoms with Crippen LogP contribution in [0.1, 0.15) is 26.2 Å². The van der Waals surface area contributed by atoms with Crippen LogP contribution in [-0.2, 0) is 0 Å². The Morgan fingerprint density at radius 3 is 2.36 bits per heavy atom. The van der Waals surface area contributed by atoms with E-state index in [9.17, 15) is 5.26 Å². The van der Waals surface area contributed by atoms with Crippen LogP contribution in [0.15, 0.2) is 72.9 Å². The molecule has 3 heteroatoms. The van der Waals surface area contributed by atoms with Gasteiger partial charge in [0.2, 0.25) is 0 Å². The molecule has 0 unspecified atom stereocenters. The predicted octanol–water partition coefficient (Wildman–Crippen LogP) is 4.86. The summed E-state index contributed by atoms with van der Waals surface area (Å²) < 4.78 is 0. The van der Waals surface area contributed by atoms with Gasteiger partial charge in [-0.15, -0.1) is 0 Å². The molecule has 0 saturated carbocycles. The Morgan fingerprint density at radius 2 is 1.84 bits per heavy atom. The lowest BCUT2D eigenvalue weighted by molar-refractivity contribution is 0.130. The number of nitrogens with zero attached hydrogens (tertiary/aromatic N) is 3. The van der Waals surface area contributed by atoms with Crippen molar-refractivity contribution in [2.75, 3.05) is 19.6 Å². The van der Waals surface area contributed by atoms with E-state index in [2.05, 4.69) is 50.3 Å². The predicted molar refractivity (Wildman–Crippen MR) is 104 cm³/mol. The van der Waals surface area contributed by atoms with Gasteiger partial charge in [0.25, 0.3) is 0 Å². The van der Waals surface area contributed by atoms with E-state index in [1.807, 2.05) is 0 Å². The molecule has 0 atom stereocenters. The van der Waals surface area contributed by atoms with E-state index in [1.165, 1.54) is 0 Å². The quantitative estimate of drug-likeness (QED) is 0.470. The normalized spacial score (nSPS) is 17.5. The van der Waals surface area contributed by atoms with Crippen molar-refractivity contribution in [3.8, 4) is 12.1 Å². The zero-order valence-corrected chi connectivity index (χ0v) is 15.2. The maximum absolute atomic E-state index is 9.40. The molecule has 0 spiro atoms. The number of likely N-dealkylation sites (tertiary alicyclic amines) is 1. The minimum atomic E-state index is 0.129. The zero-order chi connectivity index (χ0) is 18.9. The molecule has 130 valence electrons. The Labute approximate surface area is 152 Å². The van der Waals surface area contributed by atoms with Gasteiger partial charge in [-0.3, -0.25) is 4.90 Å². The first-order chi connectivity index (χ1) is 11.8. The van der Waals surface area contributed by atoms with Crippen molar-refractivity contribution < 1.29 is 0 Å². The van der Waals surface area contributed by atoms with Crippen molar-refractivity contribution in [3.63, 3.8) is 0 Å². The van der Waals surface area contributed by atoms with E-state index in [0.717, 1.165) is 38.0 Å². The molecule has 0 radical (unpaired) electrons. The third-order valence-corrected chi connectivity index (χ3v) is 4.61. The van der Waals surface area contributed by atoms with Gasteiger partial charge in [0.05, 0.1) is 17.7 Å². The second-order valence-electron chi connectivity index (χ2n) is 6.85. The van der Waals surface area contributed by atoms with Crippen LogP contribution < -0.4 is 0 Å². The fourth-order valence-corrected chi connectivity index (χ4v) is 2.80. The Morgan fingerprint density at radius 1 is 1.20 bits per heavy atom. The summed E-state index contributed by atoms with van der Waals surface area (Å²) in [6, 6.07) is 4.48. The van der Waals surface area contributed by atoms with Crippen molar-refractivity contribution in [1.82, 2.24) is 4.90 Å². The minimum Gasteiger partial charge on any atom is -0.299 e. The summed E-state index contributed by atoms with van der Waals surface area (Å²) in [6.07, 6.45) is 9.63. The molecule has 0 bridgehead atoms. The minimum absolute atomic E-state index is 0.129. The Bertz CT molecular complexity index is 684. The molecule has 0 aromatic carbocycles. The number of hydrogen-bond donors (Lipinski definition) is 0. The van der Waals surface area contributed by atoms with Crippen molar-refractivity contribution in [2.24, 2.45) is 5.41 Å². The van der Waals surface area contributed by atoms with Gasteiger partial charge in [-0.25, -0.2) is 0 Å². The van der Waals surface area contributed by atoms with E-state index < -0.39 is 0 Å². The van der Waals surface area contributed by atoms with Gasteiger partial charge >= 0.3 is 0 Å². The highest BCUT2D eigenvalue weighted by atomic mass is 15.1. The average molecular weight is 333 g/mol. The van der Waals surface area contributed by atoms with Gasteiger partial charge in [0.1, 0.15) is 0 Å². The van der Waals surface area contributed by atoms with Crippen LogP contribution in [0.25, 0.3) is 0 Å². The number of allylic oxidation sites excluding steroid dienone is 6. The van der Waals surface area contributed by atoms with Gasteiger partial charge in [-0.1, -0.05) is 51.5 Å². The zero-order valence-electron chi connectivity index (χ0n) is 15.2. The van der Waals surface area contributed by atoms with Crippen LogP contribution >= 0.6 is 0 Å². The summed E-state index contributed by atoms with van der Waals surface area (Å²) in [7, 11) is 0. The molecular weight excluding hydrogens is 306 g/mol. The van der Waals surface area contributed by atoms with E-state index in [0.29, 0.717) is 23.1 Å². The monoisotopic (exact) mass is 333 g/mol. The maximum Gasteiger partial charge on any atom is 0.0998 e. The molecule has 1 rings (SSSR count). The number of nitriles is 2. The second kappa shape index (κ2) is 9.62. The van der Waals surface area contributed by atoms with Crippen LogP contribution in [0.2, 0.25) is 0 Å². The summed E-state index contributed by atoms with van der Waals surface area (Å²) in [4.78, 5) is 2.32. The second-order valence-corrected chi connectivity index (χ2v) is 6.85. The maximum atomic E-state index is 9.40. The van der Waals surface area contributed by atoms with Crippen molar-refractivity contribution in [1.29, 1.82) is 10.5 Å². The summed E-state index contributed by atoms with van der Waals surface area (Å²) in [5.41, 5.74) is 2.77. The van der Waals surface area contributed by atoms with E-state index >= 15 is 0 Å². The van der Waals surface area contributed by atoms with Crippen LogP contribution in [0.5, 0.6) is 0 Å². The molecule has 0 amide bonds. The number of hydrogen-bond acceptors (Lipinski definition) is 3. The molecule has 1 heterocycles. The SMILES string of the molecule is C=C/C=C\C(=C)C(=C)/C(C#N)=C\C(=C)CN1CCC(C)(CC#N)CC1. The number of piperidine rings is 1. The van der Waals surface area contributed by atoms with Crippen LogP contribution in [0, 0.1) is 28.1 Å². The molecule has 0 aromatic rings. The summed E-state index contributed by atoms with van der Waals surface area (Å²) in [5, 5.41) is 18.3. The molecule has 1 aliphatic heterocycles. The third kappa shape index (κ3) is 6.42. The van der Waals surface area contributed by atoms with E-state index in [4.69, 9.17) is 5.26 Å². The molecule has 0 aromatic heterocycles. The van der Waals surface area contributed by atoms with E-state index in [1.54, 1.807) is 24.3 Å². The fourth-order valence-electron chi connectivity index (χ4n) is 2.80. The smallest absolute Gasteiger partial charge is 0.0998 e. The molecular formula is C22H27N3. The lowest BCUT2D eigenvalue weighted by Crippen LogP contribution is -2.39. The van der Waals surface area contributed by atoms with Crippen LogP contribution in [-0.4, -0.2) is 24.5 Å². The first-order valence-corrected chi connectivity index (χ1v) is 8.42. The highest BCUT2D eigenvalue weighted by Gasteiger charge is 2.29. The molecule has 25 heavy (non-hydrogen) atoms. The summed E-state index contributed by atoms with van der Waals surface area (Å²) in [6.45, 7) is 20.4. The van der Waals surface area contributed by atoms with Gasteiger partial charge in [-0.05, 0) is 54.1 Å². The molecule has 0 aliphatic carbocycles. The standard InChI is InChI=1S/C22H27N3/c1-6-7-8-19(3)20(4)21(16-24)15-18(2)17-25-13-10-22(5,9-12-23)11-14-25/h6-8,15H,1-4,9-11,13-14,17H2,5H3/b8-7-,21-15-. The lowest BCUT2D eigenvalue weighted by Gasteiger charge is -2.38. The molecule has 1 fully saturated rings. The van der Waals surface area contributed by atoms with Gasteiger partial charge < -0.3 is 0 Å². The summed E-state index contributed by atoms with van der Waals surface area (Å²) >= 11 is 0. The molecule has 1 aliphatic rings. The largest absolute Gasteiger partial charge is 0.299 e. The lowest BCUT2D eigenvalue weighted by atomic mass is 9.78. The topological polar surface area (TPSA) is 50.8 Å². The van der Waals surface area contributed by atoms with Crippen molar-refractivity contribution >= 4 is 0 Å². The molecule has 1 saturated heterocycles. The average Bonchev–Trinajstić information content (AvgIpc) is 2.59. The van der Waals surface area contributed by atoms with Gasteiger partial charge in [0, 0.05) is 13.0 Å². The number of rotatable bonds is 8. The van der Waals surface area contributed by atoms with Crippen molar-refractivity contribution in [2.45, 2.75) is 26.2 Å². The van der Waals surface area contributed by atoms with Gasteiger partial charge in [-0.2, -0.15) is 10.5 Å². The summed E-state index contributed by atoms with van der Waals surface area (Å²) in [5.74, 6) is 0. The first kappa shape index (κ1) is 20.4. The van der Waals surface area contributed by atoms with E-state index in [-0.39, 0.29) is 5.41 Å². The highest BCUT2D eigenvalue weighted by Crippen LogP contribution is 2.34.